The maximum absolute atomic E-state index is 10.2. The average molecular weight is 267 g/mol. The predicted molar refractivity (Wildman–Crippen MR) is 76.5 cm³/mol. The van der Waals surface area contributed by atoms with E-state index in [9.17, 15) is 10.1 Å². The molecule has 106 valence electrons. The largest absolute Gasteiger partial charge is 0.495 e. The van der Waals surface area contributed by atoms with Gasteiger partial charge in [0.1, 0.15) is 5.75 Å². The van der Waals surface area contributed by atoms with E-state index in [4.69, 9.17) is 15.1 Å². The van der Waals surface area contributed by atoms with E-state index >= 15 is 0 Å². The number of hydrogen-bond donors (Lipinski definition) is 3. The molecule has 1 rings (SSSR count). The summed E-state index contributed by atoms with van der Waals surface area (Å²) in [4.78, 5) is 0. The molecule has 0 saturated carbocycles. The van der Waals surface area contributed by atoms with Gasteiger partial charge in [-0.1, -0.05) is 12.1 Å². The molecule has 0 unspecified atom stereocenters. The zero-order valence-electron chi connectivity index (χ0n) is 12.1. The molecule has 0 radical (unpaired) electrons. The SMILES string of the molecule is COc1cccc(B(O)OC(C)(C)C(C)(C)O)c1N. The Morgan fingerprint density at radius 3 is 2.26 bits per heavy atom. The summed E-state index contributed by atoms with van der Waals surface area (Å²) >= 11 is 0. The molecule has 1 aromatic carbocycles. The first kappa shape index (κ1) is 15.8. The Balaban J connectivity index is 2.99. The molecule has 0 heterocycles. The standard InChI is InChI=1S/C13H22BNO4/c1-12(2,16)13(3,4)19-14(17)9-7-6-8-10(18-5)11(9)15/h6-8,16-17H,15H2,1-5H3. The van der Waals surface area contributed by atoms with E-state index in [2.05, 4.69) is 0 Å². The normalized spacial score (nSPS) is 12.4. The zero-order valence-corrected chi connectivity index (χ0v) is 12.1. The van der Waals surface area contributed by atoms with Gasteiger partial charge in [-0.15, -0.1) is 0 Å². The summed E-state index contributed by atoms with van der Waals surface area (Å²) in [6, 6.07) is 5.07. The second kappa shape index (κ2) is 5.40. The van der Waals surface area contributed by atoms with Crippen LogP contribution in [0.15, 0.2) is 18.2 Å². The first-order valence-corrected chi connectivity index (χ1v) is 6.11. The van der Waals surface area contributed by atoms with Gasteiger partial charge in [-0.2, -0.15) is 0 Å². The fraction of sp³-hybridized carbons (Fsp3) is 0.538. The molecule has 0 atom stereocenters. The van der Waals surface area contributed by atoms with Gasteiger partial charge in [-0.3, -0.25) is 0 Å². The maximum atomic E-state index is 10.2. The van der Waals surface area contributed by atoms with Crippen LogP contribution >= 0.6 is 0 Å². The van der Waals surface area contributed by atoms with Crippen LogP contribution in [0.5, 0.6) is 5.75 Å². The molecule has 0 aliphatic heterocycles. The monoisotopic (exact) mass is 267 g/mol. The number of ether oxygens (including phenoxy) is 1. The maximum Gasteiger partial charge on any atom is 0.493 e. The lowest BCUT2D eigenvalue weighted by Crippen LogP contribution is -2.53. The molecule has 0 aromatic heterocycles. The Bertz CT molecular complexity index is 443. The molecule has 0 amide bonds. The van der Waals surface area contributed by atoms with Crippen molar-refractivity contribution < 1.29 is 19.5 Å². The number of nitrogen functional groups attached to an aromatic ring is 1. The van der Waals surface area contributed by atoms with Crippen LogP contribution in [0.2, 0.25) is 0 Å². The van der Waals surface area contributed by atoms with Crippen LogP contribution in [0.3, 0.4) is 0 Å². The van der Waals surface area contributed by atoms with E-state index in [0.29, 0.717) is 16.9 Å². The van der Waals surface area contributed by atoms with Gasteiger partial charge in [0.2, 0.25) is 0 Å². The summed E-state index contributed by atoms with van der Waals surface area (Å²) in [7, 11) is 0.264. The van der Waals surface area contributed by atoms with E-state index in [1.165, 1.54) is 7.11 Å². The van der Waals surface area contributed by atoms with Gasteiger partial charge in [0.05, 0.1) is 24.0 Å². The van der Waals surface area contributed by atoms with Gasteiger partial charge in [-0.25, -0.2) is 0 Å². The number of rotatable bonds is 5. The van der Waals surface area contributed by atoms with Crippen molar-refractivity contribution in [3.8, 4) is 5.75 Å². The second-order valence-electron chi connectivity index (χ2n) is 5.50. The Labute approximate surface area is 114 Å². The molecule has 1 aromatic rings. The van der Waals surface area contributed by atoms with Crippen LogP contribution < -0.4 is 15.9 Å². The van der Waals surface area contributed by atoms with Crippen molar-refractivity contribution in [2.75, 3.05) is 12.8 Å². The fourth-order valence-electron chi connectivity index (χ4n) is 1.44. The summed E-state index contributed by atoms with van der Waals surface area (Å²) in [5.41, 5.74) is 4.58. The van der Waals surface area contributed by atoms with Crippen LogP contribution in [0.25, 0.3) is 0 Å². The quantitative estimate of drug-likeness (QED) is 0.535. The van der Waals surface area contributed by atoms with Gasteiger partial charge < -0.3 is 25.3 Å². The Morgan fingerprint density at radius 1 is 1.21 bits per heavy atom. The molecular formula is C13H22BNO4. The van der Waals surface area contributed by atoms with E-state index < -0.39 is 18.3 Å². The van der Waals surface area contributed by atoms with Crippen molar-refractivity contribution in [2.24, 2.45) is 0 Å². The van der Waals surface area contributed by atoms with E-state index in [-0.39, 0.29) is 0 Å². The van der Waals surface area contributed by atoms with E-state index in [1.54, 1.807) is 45.9 Å². The molecule has 4 N–H and O–H groups in total. The third-order valence-electron chi connectivity index (χ3n) is 3.47. The van der Waals surface area contributed by atoms with Gasteiger partial charge in [0, 0.05) is 5.46 Å². The molecule has 0 saturated heterocycles. The van der Waals surface area contributed by atoms with Crippen molar-refractivity contribution in [2.45, 2.75) is 38.9 Å². The Kier molecular flexibility index (Phi) is 4.50. The molecule has 0 aliphatic rings. The Morgan fingerprint density at radius 2 is 1.79 bits per heavy atom. The average Bonchev–Trinajstić information content (AvgIpc) is 2.27. The predicted octanol–water partition coefficient (Wildman–Crippen LogP) is 0.531. The van der Waals surface area contributed by atoms with Crippen LogP contribution in [-0.4, -0.2) is 35.6 Å². The number of para-hydroxylation sites is 1. The lowest BCUT2D eigenvalue weighted by molar-refractivity contribution is -0.0982. The third-order valence-corrected chi connectivity index (χ3v) is 3.47. The molecular weight excluding hydrogens is 245 g/mol. The molecule has 0 aliphatic carbocycles. The lowest BCUT2D eigenvalue weighted by Gasteiger charge is -2.38. The summed E-state index contributed by atoms with van der Waals surface area (Å²) in [5.74, 6) is 0.473. The number of aliphatic hydroxyl groups is 1. The molecule has 5 nitrogen and oxygen atoms in total. The van der Waals surface area contributed by atoms with Crippen molar-refractivity contribution in [1.82, 2.24) is 0 Å². The summed E-state index contributed by atoms with van der Waals surface area (Å²) in [6.07, 6.45) is 0. The topological polar surface area (TPSA) is 84.9 Å². The molecule has 19 heavy (non-hydrogen) atoms. The summed E-state index contributed by atoms with van der Waals surface area (Å²) in [6.45, 7) is 6.64. The molecule has 0 spiro atoms. The van der Waals surface area contributed by atoms with Crippen molar-refractivity contribution >= 4 is 18.3 Å². The van der Waals surface area contributed by atoms with Crippen LogP contribution in [0.1, 0.15) is 27.7 Å². The summed E-state index contributed by atoms with van der Waals surface area (Å²) < 4.78 is 10.6. The van der Waals surface area contributed by atoms with Crippen LogP contribution in [-0.2, 0) is 4.65 Å². The summed E-state index contributed by atoms with van der Waals surface area (Å²) in [5, 5.41) is 20.2. The highest BCUT2D eigenvalue weighted by Crippen LogP contribution is 2.26. The highest BCUT2D eigenvalue weighted by Gasteiger charge is 2.40. The number of methoxy groups -OCH3 is 1. The first-order chi connectivity index (χ1) is 8.60. The molecule has 6 heteroatoms. The zero-order chi connectivity index (χ0) is 14.8. The van der Waals surface area contributed by atoms with Crippen molar-refractivity contribution in [3.63, 3.8) is 0 Å². The van der Waals surface area contributed by atoms with Crippen molar-refractivity contribution in [3.05, 3.63) is 18.2 Å². The van der Waals surface area contributed by atoms with E-state index in [0.717, 1.165) is 0 Å². The van der Waals surface area contributed by atoms with E-state index in [1.807, 2.05) is 0 Å². The van der Waals surface area contributed by atoms with Gasteiger partial charge in [0.15, 0.2) is 0 Å². The molecule has 0 fully saturated rings. The third kappa shape index (κ3) is 3.40. The smallest absolute Gasteiger partial charge is 0.493 e. The fourth-order valence-corrected chi connectivity index (χ4v) is 1.44. The number of nitrogens with two attached hydrogens (primary N) is 1. The van der Waals surface area contributed by atoms with Gasteiger partial charge in [0.25, 0.3) is 0 Å². The highest BCUT2D eigenvalue weighted by atomic mass is 16.5. The molecule has 0 bridgehead atoms. The van der Waals surface area contributed by atoms with Crippen LogP contribution in [0, 0.1) is 0 Å². The lowest BCUT2D eigenvalue weighted by atomic mass is 9.75. The second-order valence-corrected chi connectivity index (χ2v) is 5.50. The Hall–Kier alpha value is -1.24. The van der Waals surface area contributed by atoms with Gasteiger partial charge in [-0.05, 0) is 33.8 Å². The first-order valence-electron chi connectivity index (χ1n) is 6.11. The number of hydrogen-bond acceptors (Lipinski definition) is 5. The minimum Gasteiger partial charge on any atom is -0.495 e. The number of benzene rings is 1. The highest BCUT2D eigenvalue weighted by molar-refractivity contribution is 6.62. The number of anilines is 1. The van der Waals surface area contributed by atoms with Crippen LogP contribution in [0.4, 0.5) is 5.69 Å². The van der Waals surface area contributed by atoms with Crippen molar-refractivity contribution in [1.29, 1.82) is 0 Å². The minimum absolute atomic E-state index is 0.323. The van der Waals surface area contributed by atoms with Gasteiger partial charge >= 0.3 is 7.12 Å². The minimum atomic E-state index is -1.24.